The van der Waals surface area contributed by atoms with Crippen LogP contribution in [0.15, 0.2) is 18.2 Å². The summed E-state index contributed by atoms with van der Waals surface area (Å²) in [7, 11) is 1.51. The van der Waals surface area contributed by atoms with Crippen molar-refractivity contribution in [3.63, 3.8) is 0 Å². The van der Waals surface area contributed by atoms with Crippen molar-refractivity contribution in [3.8, 4) is 5.75 Å². The fourth-order valence-corrected chi connectivity index (χ4v) is 1.47. The highest BCUT2D eigenvalue weighted by molar-refractivity contribution is 5.92. The number of hydrogen-bond acceptors (Lipinski definition) is 4. The van der Waals surface area contributed by atoms with Gasteiger partial charge in [-0.25, -0.2) is 15.6 Å². The molecule has 1 aromatic rings. The molecule has 0 heterocycles. The molecule has 0 unspecified atom stereocenters. The van der Waals surface area contributed by atoms with Gasteiger partial charge < -0.3 is 15.2 Å². The maximum absolute atomic E-state index is 11.9. The minimum atomic E-state index is -0.993. The molecular weight excluding hydrogens is 270 g/mol. The Morgan fingerprint density at radius 1 is 1.43 bits per heavy atom. The molecule has 0 atom stereocenters. The number of nitrogens with two attached hydrogens (primary N) is 1. The van der Waals surface area contributed by atoms with Crippen molar-refractivity contribution in [1.82, 2.24) is 5.32 Å². The van der Waals surface area contributed by atoms with Crippen LogP contribution in [0.2, 0.25) is 0 Å². The lowest BCUT2D eigenvalue weighted by Crippen LogP contribution is -2.49. The number of aryl methyl sites for hydroxylation is 1. The molecule has 0 bridgehead atoms. The zero-order valence-electron chi connectivity index (χ0n) is 13.7. The van der Waals surface area contributed by atoms with Gasteiger partial charge in [0.1, 0.15) is 11.4 Å². The van der Waals surface area contributed by atoms with Crippen molar-refractivity contribution in [2.75, 3.05) is 18.7 Å². The van der Waals surface area contributed by atoms with E-state index in [0.29, 0.717) is 11.4 Å². The highest BCUT2D eigenvalue weighted by atomic mass is 16.5. The number of amides is 2. The number of carbonyl (C=O) groups is 1. The molecular formula is C15H27N3O3. The van der Waals surface area contributed by atoms with Crippen molar-refractivity contribution in [2.45, 2.75) is 40.2 Å². The van der Waals surface area contributed by atoms with Gasteiger partial charge in [-0.1, -0.05) is 19.9 Å². The molecule has 21 heavy (non-hydrogen) atoms. The van der Waals surface area contributed by atoms with Crippen molar-refractivity contribution < 1.29 is 14.6 Å². The third-order valence-electron chi connectivity index (χ3n) is 2.48. The van der Waals surface area contributed by atoms with Gasteiger partial charge in [-0.05, 0) is 38.5 Å². The van der Waals surface area contributed by atoms with Gasteiger partial charge in [-0.2, -0.15) is 0 Å². The van der Waals surface area contributed by atoms with E-state index in [2.05, 4.69) is 5.32 Å². The third-order valence-corrected chi connectivity index (χ3v) is 2.48. The topological polar surface area (TPSA) is 87.8 Å². The number of methoxy groups -OCH3 is 1. The number of urea groups is 1. The Balaban J connectivity index is 0.00000191. The molecule has 6 heteroatoms. The molecule has 0 aliphatic carbocycles. The number of nitrogens with one attached hydrogen (secondary N) is 1. The van der Waals surface area contributed by atoms with Crippen LogP contribution < -0.4 is 20.9 Å². The minimum Gasteiger partial charge on any atom is -0.495 e. The molecule has 0 aliphatic heterocycles. The summed E-state index contributed by atoms with van der Waals surface area (Å²) in [5, 5.41) is 13.1. The molecule has 120 valence electrons. The Kier molecular flexibility index (Phi) is 7.76. The van der Waals surface area contributed by atoms with Gasteiger partial charge >= 0.3 is 6.03 Å². The Morgan fingerprint density at radius 2 is 2.00 bits per heavy atom. The Hall–Kier alpha value is -1.79. The van der Waals surface area contributed by atoms with Crippen LogP contribution >= 0.6 is 0 Å². The molecule has 0 radical (unpaired) electrons. The van der Waals surface area contributed by atoms with E-state index in [-0.39, 0.29) is 6.54 Å². The Labute approximate surface area is 126 Å². The van der Waals surface area contributed by atoms with E-state index in [9.17, 15) is 9.90 Å². The molecule has 0 fully saturated rings. The summed E-state index contributed by atoms with van der Waals surface area (Å²) in [5.41, 5.74) is 0.435. The highest BCUT2D eigenvalue weighted by Crippen LogP contribution is 2.27. The van der Waals surface area contributed by atoms with Gasteiger partial charge in [0.05, 0.1) is 12.7 Å². The second-order valence-corrected chi connectivity index (χ2v) is 5.02. The van der Waals surface area contributed by atoms with Crippen LogP contribution in [0.5, 0.6) is 5.75 Å². The maximum Gasteiger partial charge on any atom is 0.336 e. The SMILES string of the molecule is CC.COc1ccc(C)cc1N(N)C(=O)NCC(C)(C)O. The van der Waals surface area contributed by atoms with Gasteiger partial charge in [0.15, 0.2) is 0 Å². The largest absolute Gasteiger partial charge is 0.495 e. The molecule has 1 rings (SSSR count). The Bertz CT molecular complexity index is 456. The minimum absolute atomic E-state index is 0.105. The number of anilines is 1. The average molecular weight is 297 g/mol. The van der Waals surface area contributed by atoms with Crippen LogP contribution in [-0.4, -0.2) is 30.4 Å². The van der Waals surface area contributed by atoms with E-state index in [1.54, 1.807) is 26.0 Å². The van der Waals surface area contributed by atoms with E-state index in [1.165, 1.54) is 7.11 Å². The number of benzene rings is 1. The number of hydrogen-bond donors (Lipinski definition) is 3. The molecule has 0 aromatic heterocycles. The smallest absolute Gasteiger partial charge is 0.336 e. The first-order chi connectivity index (χ1) is 9.74. The first-order valence-corrected chi connectivity index (χ1v) is 6.94. The van der Waals surface area contributed by atoms with E-state index >= 15 is 0 Å². The lowest BCUT2D eigenvalue weighted by molar-refractivity contribution is 0.0823. The Morgan fingerprint density at radius 3 is 2.48 bits per heavy atom. The molecule has 0 saturated heterocycles. The number of aliphatic hydroxyl groups is 1. The van der Waals surface area contributed by atoms with Crippen LogP contribution in [0.4, 0.5) is 10.5 Å². The number of ether oxygens (including phenoxy) is 1. The number of carbonyl (C=O) groups excluding carboxylic acids is 1. The van der Waals surface area contributed by atoms with Crippen molar-refractivity contribution in [2.24, 2.45) is 5.84 Å². The summed E-state index contributed by atoms with van der Waals surface area (Å²) < 4.78 is 5.17. The second kappa shape index (κ2) is 8.49. The van der Waals surface area contributed by atoms with Crippen LogP contribution in [0.25, 0.3) is 0 Å². The fraction of sp³-hybridized carbons (Fsp3) is 0.533. The van der Waals surface area contributed by atoms with Crippen molar-refractivity contribution in [3.05, 3.63) is 23.8 Å². The lowest BCUT2D eigenvalue weighted by atomic mass is 10.1. The number of nitrogens with zero attached hydrogens (tertiary/aromatic N) is 1. The molecule has 1 aromatic carbocycles. The van der Waals surface area contributed by atoms with Crippen LogP contribution in [0.1, 0.15) is 33.3 Å². The quantitative estimate of drug-likeness (QED) is 0.451. The van der Waals surface area contributed by atoms with Crippen LogP contribution in [-0.2, 0) is 0 Å². The summed E-state index contributed by atoms with van der Waals surface area (Å²) in [4.78, 5) is 11.9. The summed E-state index contributed by atoms with van der Waals surface area (Å²) in [6.45, 7) is 9.20. The summed E-state index contributed by atoms with van der Waals surface area (Å²) >= 11 is 0. The monoisotopic (exact) mass is 297 g/mol. The molecule has 0 saturated carbocycles. The number of hydrazine groups is 1. The third kappa shape index (κ3) is 6.46. The molecule has 6 nitrogen and oxygen atoms in total. The number of rotatable bonds is 4. The summed E-state index contributed by atoms with van der Waals surface area (Å²) in [6, 6.07) is 4.85. The van der Waals surface area contributed by atoms with Gasteiger partial charge in [0.2, 0.25) is 0 Å². The van der Waals surface area contributed by atoms with Crippen molar-refractivity contribution >= 4 is 11.7 Å². The van der Waals surface area contributed by atoms with Gasteiger partial charge in [-0.3, -0.25) is 0 Å². The van der Waals surface area contributed by atoms with Crippen molar-refractivity contribution in [1.29, 1.82) is 0 Å². The zero-order chi connectivity index (χ0) is 16.6. The maximum atomic E-state index is 11.9. The van der Waals surface area contributed by atoms with Gasteiger partial charge in [0.25, 0.3) is 0 Å². The zero-order valence-corrected chi connectivity index (χ0v) is 13.7. The average Bonchev–Trinajstić information content (AvgIpc) is 2.45. The first kappa shape index (κ1) is 19.2. The standard InChI is InChI=1S/C13H21N3O3.C2H6/c1-9-5-6-11(19-4)10(7-9)16(14)12(17)15-8-13(2,3)18;1-2/h5-7,18H,8,14H2,1-4H3,(H,15,17);1-2H3. The summed E-state index contributed by atoms with van der Waals surface area (Å²) in [5.74, 6) is 6.28. The fourth-order valence-electron chi connectivity index (χ4n) is 1.47. The molecule has 2 amide bonds. The molecule has 0 aliphatic rings. The van der Waals surface area contributed by atoms with E-state index < -0.39 is 11.6 Å². The second-order valence-electron chi connectivity index (χ2n) is 5.02. The highest BCUT2D eigenvalue weighted by Gasteiger charge is 2.19. The molecule has 4 N–H and O–H groups in total. The van der Waals surface area contributed by atoms with Crippen LogP contribution in [0.3, 0.4) is 0 Å². The first-order valence-electron chi connectivity index (χ1n) is 6.94. The predicted molar refractivity (Wildman–Crippen MR) is 85.4 cm³/mol. The lowest BCUT2D eigenvalue weighted by Gasteiger charge is -2.23. The normalized spacial score (nSPS) is 10.3. The van der Waals surface area contributed by atoms with Gasteiger partial charge in [-0.15, -0.1) is 0 Å². The van der Waals surface area contributed by atoms with Gasteiger partial charge in [0, 0.05) is 6.54 Å². The molecule has 0 spiro atoms. The van der Waals surface area contributed by atoms with E-state index in [0.717, 1.165) is 10.6 Å². The summed E-state index contributed by atoms with van der Waals surface area (Å²) in [6.07, 6.45) is 0. The van der Waals surface area contributed by atoms with E-state index in [4.69, 9.17) is 10.6 Å². The van der Waals surface area contributed by atoms with E-state index in [1.807, 2.05) is 26.8 Å². The van der Waals surface area contributed by atoms with Crippen LogP contribution in [0, 0.1) is 6.92 Å². The predicted octanol–water partition coefficient (Wildman–Crippen LogP) is 2.19.